The molecule has 2 heterocycles. The minimum Gasteiger partial charge on any atom is -0.381 e. The van der Waals surface area contributed by atoms with E-state index in [-0.39, 0.29) is 0 Å². The monoisotopic (exact) mass is 239 g/mol. The van der Waals surface area contributed by atoms with Gasteiger partial charge in [0.2, 0.25) is 5.91 Å². The van der Waals surface area contributed by atoms with E-state index in [2.05, 4.69) is 11.8 Å². The standard InChI is InChI=1S/C14H25NO2/c1-12-4-8-15(9-5-12)14(16)3-2-13-6-10-17-11-7-13/h12-13H,2-11H2,1H3. The predicted octanol–water partition coefficient (Wildman–Crippen LogP) is 2.45. The van der Waals surface area contributed by atoms with Gasteiger partial charge >= 0.3 is 0 Å². The highest BCUT2D eigenvalue weighted by Gasteiger charge is 2.21. The van der Waals surface area contributed by atoms with Gasteiger partial charge in [0, 0.05) is 32.7 Å². The first-order valence-corrected chi connectivity index (χ1v) is 7.11. The van der Waals surface area contributed by atoms with Crippen molar-refractivity contribution in [3.8, 4) is 0 Å². The highest BCUT2D eigenvalue weighted by Crippen LogP contribution is 2.22. The summed E-state index contributed by atoms with van der Waals surface area (Å²) in [5.74, 6) is 1.90. The van der Waals surface area contributed by atoms with Crippen LogP contribution in [0.3, 0.4) is 0 Å². The van der Waals surface area contributed by atoms with Crippen molar-refractivity contribution >= 4 is 5.91 Å². The molecule has 3 heteroatoms. The van der Waals surface area contributed by atoms with Crippen molar-refractivity contribution in [3.63, 3.8) is 0 Å². The Kier molecular flexibility index (Phi) is 4.84. The number of likely N-dealkylation sites (tertiary alicyclic amines) is 1. The van der Waals surface area contributed by atoms with Gasteiger partial charge in [0.1, 0.15) is 0 Å². The molecule has 2 saturated heterocycles. The number of carbonyl (C=O) groups is 1. The zero-order chi connectivity index (χ0) is 12.1. The van der Waals surface area contributed by atoms with Gasteiger partial charge in [-0.25, -0.2) is 0 Å². The highest BCUT2D eigenvalue weighted by molar-refractivity contribution is 5.76. The van der Waals surface area contributed by atoms with Crippen LogP contribution in [0.2, 0.25) is 0 Å². The van der Waals surface area contributed by atoms with E-state index < -0.39 is 0 Å². The molecule has 0 spiro atoms. The lowest BCUT2D eigenvalue weighted by atomic mass is 9.94. The van der Waals surface area contributed by atoms with Crippen LogP contribution in [0.1, 0.15) is 45.4 Å². The number of hydrogen-bond acceptors (Lipinski definition) is 2. The molecular formula is C14H25NO2. The van der Waals surface area contributed by atoms with Gasteiger partial charge in [-0.1, -0.05) is 6.92 Å². The van der Waals surface area contributed by atoms with E-state index in [1.54, 1.807) is 0 Å². The quantitative estimate of drug-likeness (QED) is 0.757. The van der Waals surface area contributed by atoms with E-state index >= 15 is 0 Å². The van der Waals surface area contributed by atoms with E-state index in [1.807, 2.05) is 0 Å². The van der Waals surface area contributed by atoms with Crippen LogP contribution in [0.5, 0.6) is 0 Å². The summed E-state index contributed by atoms with van der Waals surface area (Å²) in [5, 5.41) is 0. The lowest BCUT2D eigenvalue weighted by Gasteiger charge is -2.31. The van der Waals surface area contributed by atoms with Gasteiger partial charge < -0.3 is 9.64 Å². The Balaban J connectivity index is 1.66. The molecule has 0 saturated carbocycles. The number of rotatable bonds is 3. The van der Waals surface area contributed by atoms with Crippen molar-refractivity contribution in [1.29, 1.82) is 0 Å². The Morgan fingerprint density at radius 3 is 2.47 bits per heavy atom. The summed E-state index contributed by atoms with van der Waals surface area (Å²) >= 11 is 0. The zero-order valence-corrected chi connectivity index (χ0v) is 11.0. The van der Waals surface area contributed by atoms with Crippen molar-refractivity contribution in [2.75, 3.05) is 26.3 Å². The molecule has 0 aromatic heterocycles. The van der Waals surface area contributed by atoms with Crippen molar-refractivity contribution in [2.45, 2.75) is 45.4 Å². The van der Waals surface area contributed by atoms with Gasteiger partial charge in [0.25, 0.3) is 0 Å². The molecule has 1 amide bonds. The van der Waals surface area contributed by atoms with Gasteiger partial charge in [-0.2, -0.15) is 0 Å². The van der Waals surface area contributed by atoms with E-state index in [0.29, 0.717) is 5.91 Å². The van der Waals surface area contributed by atoms with Crippen molar-refractivity contribution in [2.24, 2.45) is 11.8 Å². The molecule has 0 bridgehead atoms. The van der Waals surface area contributed by atoms with Gasteiger partial charge in [-0.3, -0.25) is 4.79 Å². The van der Waals surface area contributed by atoms with Gasteiger partial charge in [0.05, 0.1) is 0 Å². The van der Waals surface area contributed by atoms with Crippen molar-refractivity contribution in [3.05, 3.63) is 0 Å². The van der Waals surface area contributed by atoms with Crippen LogP contribution in [0.25, 0.3) is 0 Å². The topological polar surface area (TPSA) is 29.5 Å². The van der Waals surface area contributed by atoms with Gasteiger partial charge in [0.15, 0.2) is 0 Å². The van der Waals surface area contributed by atoms with E-state index in [9.17, 15) is 4.79 Å². The predicted molar refractivity (Wildman–Crippen MR) is 67.8 cm³/mol. The lowest BCUT2D eigenvalue weighted by molar-refractivity contribution is -0.133. The molecule has 0 aromatic carbocycles. The van der Waals surface area contributed by atoms with Crippen LogP contribution in [-0.4, -0.2) is 37.1 Å². The molecule has 2 rings (SSSR count). The summed E-state index contributed by atoms with van der Waals surface area (Å²) in [4.78, 5) is 14.1. The minimum absolute atomic E-state index is 0.378. The van der Waals surface area contributed by atoms with Gasteiger partial charge in [-0.15, -0.1) is 0 Å². The maximum absolute atomic E-state index is 12.0. The molecule has 98 valence electrons. The Morgan fingerprint density at radius 2 is 1.82 bits per heavy atom. The highest BCUT2D eigenvalue weighted by atomic mass is 16.5. The SMILES string of the molecule is CC1CCN(C(=O)CCC2CCOCC2)CC1. The van der Waals surface area contributed by atoms with Crippen molar-refractivity contribution < 1.29 is 9.53 Å². The fraction of sp³-hybridized carbons (Fsp3) is 0.929. The van der Waals surface area contributed by atoms with Crippen LogP contribution in [0.15, 0.2) is 0 Å². The molecule has 0 aliphatic carbocycles. The molecule has 0 atom stereocenters. The number of amides is 1. The fourth-order valence-electron chi connectivity index (χ4n) is 2.78. The maximum Gasteiger partial charge on any atom is 0.222 e. The molecule has 2 aliphatic rings. The molecule has 0 radical (unpaired) electrons. The molecule has 0 aromatic rings. The molecule has 2 aliphatic heterocycles. The van der Waals surface area contributed by atoms with Crippen LogP contribution in [0, 0.1) is 11.8 Å². The molecule has 3 nitrogen and oxygen atoms in total. The Hall–Kier alpha value is -0.570. The number of carbonyl (C=O) groups excluding carboxylic acids is 1. The van der Waals surface area contributed by atoms with Gasteiger partial charge in [-0.05, 0) is 43.9 Å². The van der Waals surface area contributed by atoms with Crippen molar-refractivity contribution in [1.82, 2.24) is 4.90 Å². The second kappa shape index (κ2) is 6.39. The molecule has 0 N–H and O–H groups in total. The number of hydrogen-bond donors (Lipinski definition) is 0. The summed E-state index contributed by atoms with van der Waals surface area (Å²) in [5.41, 5.74) is 0. The summed E-state index contributed by atoms with van der Waals surface area (Å²) in [6.45, 7) is 6.02. The second-order valence-corrected chi connectivity index (χ2v) is 5.66. The summed E-state index contributed by atoms with van der Waals surface area (Å²) in [6, 6.07) is 0. The second-order valence-electron chi connectivity index (χ2n) is 5.66. The lowest BCUT2D eigenvalue weighted by Crippen LogP contribution is -2.38. The maximum atomic E-state index is 12.0. The molecule has 0 unspecified atom stereocenters. The largest absolute Gasteiger partial charge is 0.381 e. The third kappa shape index (κ3) is 3.98. The third-order valence-corrected chi connectivity index (χ3v) is 4.24. The normalized spacial score (nSPS) is 23.9. The number of piperidine rings is 1. The number of nitrogens with zero attached hydrogens (tertiary/aromatic N) is 1. The average Bonchev–Trinajstić information content (AvgIpc) is 2.38. The summed E-state index contributed by atoms with van der Waals surface area (Å²) in [7, 11) is 0. The Labute approximate surface area is 105 Å². The molecule has 17 heavy (non-hydrogen) atoms. The minimum atomic E-state index is 0.378. The third-order valence-electron chi connectivity index (χ3n) is 4.24. The summed E-state index contributed by atoms with van der Waals surface area (Å²) in [6.07, 6.45) is 6.47. The number of ether oxygens (including phenoxy) is 1. The Morgan fingerprint density at radius 1 is 1.18 bits per heavy atom. The first kappa shape index (κ1) is 12.9. The van der Waals surface area contributed by atoms with Crippen LogP contribution < -0.4 is 0 Å². The van der Waals surface area contributed by atoms with Crippen LogP contribution >= 0.6 is 0 Å². The van der Waals surface area contributed by atoms with Crippen LogP contribution in [0.4, 0.5) is 0 Å². The molecule has 2 fully saturated rings. The first-order chi connectivity index (χ1) is 8.25. The van der Waals surface area contributed by atoms with E-state index in [4.69, 9.17) is 4.74 Å². The van der Waals surface area contributed by atoms with E-state index in [0.717, 1.165) is 63.8 Å². The fourth-order valence-corrected chi connectivity index (χ4v) is 2.78. The smallest absolute Gasteiger partial charge is 0.222 e. The first-order valence-electron chi connectivity index (χ1n) is 7.11. The molecular weight excluding hydrogens is 214 g/mol. The van der Waals surface area contributed by atoms with Crippen LogP contribution in [-0.2, 0) is 9.53 Å². The summed E-state index contributed by atoms with van der Waals surface area (Å²) < 4.78 is 5.34. The average molecular weight is 239 g/mol. The van der Waals surface area contributed by atoms with E-state index in [1.165, 1.54) is 12.8 Å². The zero-order valence-electron chi connectivity index (χ0n) is 11.0. The Bertz CT molecular complexity index is 241.